The zero-order valence-electron chi connectivity index (χ0n) is 18.0. The number of halogens is 1. The van der Waals surface area contributed by atoms with Crippen LogP contribution < -0.4 is 4.74 Å². The number of amides is 2. The van der Waals surface area contributed by atoms with Crippen LogP contribution in [-0.4, -0.2) is 47.6 Å². The maximum atomic E-state index is 14.0. The summed E-state index contributed by atoms with van der Waals surface area (Å²) < 4.78 is 25.7. The van der Waals surface area contributed by atoms with Crippen molar-refractivity contribution in [3.05, 3.63) is 71.0 Å². The van der Waals surface area contributed by atoms with Crippen molar-refractivity contribution in [2.24, 2.45) is 17.8 Å². The Hall–Kier alpha value is -3.17. The maximum Gasteiger partial charge on any atom is 0.487 e. The summed E-state index contributed by atoms with van der Waals surface area (Å²) in [5, 5.41) is 20.5. The van der Waals surface area contributed by atoms with Crippen LogP contribution in [0.1, 0.15) is 24.5 Å². The predicted octanol–water partition coefficient (Wildman–Crippen LogP) is 2.64. The quantitative estimate of drug-likeness (QED) is 0.548. The molecule has 2 fully saturated rings. The van der Waals surface area contributed by atoms with E-state index in [1.807, 2.05) is 30.3 Å². The number of carbonyl (C=O) groups is 2. The second kappa shape index (κ2) is 8.31. The van der Waals surface area contributed by atoms with Gasteiger partial charge in [0.05, 0.1) is 17.9 Å². The molecule has 170 valence electrons. The third-order valence-electron chi connectivity index (χ3n) is 6.93. The number of rotatable bonds is 4. The van der Waals surface area contributed by atoms with Gasteiger partial charge in [0.1, 0.15) is 12.4 Å². The largest absolute Gasteiger partial charge is 0.505 e. The molecule has 2 aliphatic heterocycles. The first-order chi connectivity index (χ1) is 15.8. The molecule has 0 radical (unpaired) electrons. The number of para-hydroxylation sites is 1. The molecule has 0 saturated carbocycles. The molecule has 7 nitrogen and oxygen atoms in total. The number of phenolic OH excluding ortho intramolecular Hbond substituents is 1. The maximum absolute atomic E-state index is 14.0. The van der Waals surface area contributed by atoms with E-state index in [4.69, 9.17) is 9.39 Å². The number of ether oxygens (including phenoxy) is 1. The van der Waals surface area contributed by atoms with E-state index in [2.05, 4.69) is 0 Å². The molecule has 0 spiro atoms. The van der Waals surface area contributed by atoms with E-state index in [-0.39, 0.29) is 18.4 Å². The Balaban J connectivity index is 1.50. The number of nitrogens with zero attached hydrogens (tertiary/aromatic N) is 1. The highest BCUT2D eigenvalue weighted by Crippen LogP contribution is 2.51. The number of benzene rings is 2. The van der Waals surface area contributed by atoms with Crippen molar-refractivity contribution in [3.63, 3.8) is 0 Å². The van der Waals surface area contributed by atoms with Crippen molar-refractivity contribution in [3.8, 4) is 11.5 Å². The Bertz CT molecular complexity index is 1140. The predicted molar refractivity (Wildman–Crippen MR) is 116 cm³/mol. The second-order valence-electron chi connectivity index (χ2n) is 8.76. The lowest BCUT2D eigenvalue weighted by Crippen LogP contribution is -2.45. The minimum atomic E-state index is -1.32. The van der Waals surface area contributed by atoms with E-state index in [1.54, 1.807) is 0 Å². The highest BCUT2D eigenvalue weighted by atomic mass is 19.1. The van der Waals surface area contributed by atoms with E-state index in [1.165, 1.54) is 19.2 Å². The van der Waals surface area contributed by atoms with Gasteiger partial charge in [0.15, 0.2) is 11.6 Å². The van der Waals surface area contributed by atoms with E-state index >= 15 is 0 Å². The molecule has 2 aromatic carbocycles. The molecule has 2 aromatic rings. The smallest absolute Gasteiger partial charge is 0.487 e. The van der Waals surface area contributed by atoms with Crippen LogP contribution >= 0.6 is 0 Å². The Morgan fingerprint density at radius 1 is 1.15 bits per heavy atom. The topological polar surface area (TPSA) is 96.3 Å². The van der Waals surface area contributed by atoms with Gasteiger partial charge in [-0.15, -0.1) is 0 Å². The molecule has 3 aliphatic rings. The summed E-state index contributed by atoms with van der Waals surface area (Å²) in [6.07, 6.45) is -0.107. The average Bonchev–Trinajstić information content (AvgIpc) is 3.03. The van der Waals surface area contributed by atoms with Gasteiger partial charge >= 0.3 is 7.12 Å². The minimum absolute atomic E-state index is 0.156. The van der Waals surface area contributed by atoms with Gasteiger partial charge in [-0.1, -0.05) is 24.3 Å². The molecule has 0 bridgehead atoms. The molecule has 4 atom stereocenters. The van der Waals surface area contributed by atoms with Gasteiger partial charge in [-0.25, -0.2) is 4.39 Å². The summed E-state index contributed by atoms with van der Waals surface area (Å²) in [6, 6.07) is 13.1. The number of aromatic hydroxyl groups is 1. The third kappa shape index (κ3) is 3.71. The van der Waals surface area contributed by atoms with Gasteiger partial charge in [-0.05, 0) is 59.6 Å². The summed E-state index contributed by atoms with van der Waals surface area (Å²) in [7, 11) is 0.153. The number of carbonyl (C=O) groups excluding carboxylic acids is 2. The van der Waals surface area contributed by atoms with Crippen LogP contribution in [0.2, 0.25) is 0 Å². The zero-order valence-corrected chi connectivity index (χ0v) is 18.0. The second-order valence-corrected chi connectivity index (χ2v) is 8.76. The number of likely N-dealkylation sites (tertiary alicyclic amines) is 1. The highest BCUT2D eigenvalue weighted by Gasteiger charge is 2.57. The zero-order chi connectivity index (χ0) is 23.3. The third-order valence-corrected chi connectivity index (χ3v) is 6.93. The van der Waals surface area contributed by atoms with Crippen molar-refractivity contribution in [1.29, 1.82) is 0 Å². The van der Waals surface area contributed by atoms with Gasteiger partial charge in [0.2, 0.25) is 11.8 Å². The first-order valence-electron chi connectivity index (χ1n) is 10.9. The van der Waals surface area contributed by atoms with Crippen molar-refractivity contribution in [2.45, 2.75) is 18.9 Å². The summed E-state index contributed by atoms with van der Waals surface area (Å²) in [4.78, 5) is 27.0. The number of allylic oxidation sites excluding steroid dienone is 1. The standard InChI is InChI=1S/C24H23BFNO6/c1-27-23(29)17-9-14(12-32-15-5-3-2-4-6-15)22-16(21(17)24(27)30)11-20(33-25(22)31)13-7-8-19(28)18(26)10-13/h2-8,10,16-17,20-21,28,31H,9,11-12H2,1H3/t16-,17-,20-,21+/m0/s1. The van der Waals surface area contributed by atoms with Crippen LogP contribution in [0.3, 0.4) is 0 Å². The number of hydrogen-bond donors (Lipinski definition) is 2. The summed E-state index contributed by atoms with van der Waals surface area (Å²) in [5.74, 6) is -2.74. The molecule has 5 rings (SSSR count). The lowest BCUT2D eigenvalue weighted by molar-refractivity contribution is -0.138. The first kappa shape index (κ1) is 21.7. The van der Waals surface area contributed by atoms with E-state index in [0.29, 0.717) is 29.6 Å². The molecule has 1 aliphatic carbocycles. The number of phenols is 1. The fraction of sp³-hybridized carbons (Fsp3) is 0.333. The van der Waals surface area contributed by atoms with Gasteiger partial charge < -0.3 is 19.5 Å². The van der Waals surface area contributed by atoms with Gasteiger partial charge in [0, 0.05) is 7.05 Å². The minimum Gasteiger partial charge on any atom is -0.505 e. The van der Waals surface area contributed by atoms with E-state index in [0.717, 1.165) is 16.5 Å². The Morgan fingerprint density at radius 3 is 2.64 bits per heavy atom. The van der Waals surface area contributed by atoms with Crippen molar-refractivity contribution >= 4 is 18.9 Å². The molecule has 9 heteroatoms. The molecule has 2 heterocycles. The molecule has 33 heavy (non-hydrogen) atoms. The molecule has 2 N–H and O–H groups in total. The van der Waals surface area contributed by atoms with Gasteiger partial charge in [-0.3, -0.25) is 14.5 Å². The molecule has 2 amide bonds. The fourth-order valence-corrected chi connectivity index (χ4v) is 5.33. The van der Waals surface area contributed by atoms with E-state index in [9.17, 15) is 24.1 Å². The fourth-order valence-electron chi connectivity index (χ4n) is 5.33. The Labute approximate surface area is 190 Å². The Kier molecular flexibility index (Phi) is 5.46. The molecular formula is C24H23BFNO6. The summed E-state index contributed by atoms with van der Waals surface area (Å²) in [5.41, 5.74) is 1.75. The number of fused-ring (bicyclic) bond motifs is 3. The lowest BCUT2D eigenvalue weighted by atomic mass is 9.55. The summed E-state index contributed by atoms with van der Waals surface area (Å²) in [6.45, 7) is 0.156. The summed E-state index contributed by atoms with van der Waals surface area (Å²) >= 11 is 0. The number of imide groups is 1. The van der Waals surface area contributed by atoms with Crippen LogP contribution in [0.5, 0.6) is 11.5 Å². The van der Waals surface area contributed by atoms with Crippen LogP contribution in [-0.2, 0) is 14.2 Å². The lowest BCUT2D eigenvalue weighted by Gasteiger charge is -2.42. The first-order valence-corrected chi connectivity index (χ1v) is 10.9. The van der Waals surface area contributed by atoms with Crippen LogP contribution in [0.4, 0.5) is 4.39 Å². The molecule has 2 saturated heterocycles. The number of hydrogen-bond acceptors (Lipinski definition) is 6. The highest BCUT2D eigenvalue weighted by molar-refractivity contribution is 6.53. The van der Waals surface area contributed by atoms with Crippen LogP contribution in [0.15, 0.2) is 59.6 Å². The average molecular weight is 451 g/mol. The van der Waals surface area contributed by atoms with Crippen LogP contribution in [0, 0.1) is 23.6 Å². The van der Waals surface area contributed by atoms with Gasteiger partial charge in [0.25, 0.3) is 0 Å². The molecule has 0 unspecified atom stereocenters. The van der Waals surface area contributed by atoms with Crippen molar-refractivity contribution in [2.75, 3.05) is 13.7 Å². The normalized spacial score (nSPS) is 27.0. The van der Waals surface area contributed by atoms with Gasteiger partial charge in [-0.2, -0.15) is 0 Å². The molecule has 0 aromatic heterocycles. The SMILES string of the molecule is CN1C(=O)[C@H]2[C@H](CC(COc3ccccc3)=C3B(O)O[C@H](c4ccc(O)c(F)c4)C[C@H]32)C1=O. The molecular weight excluding hydrogens is 428 g/mol. The monoisotopic (exact) mass is 451 g/mol. The van der Waals surface area contributed by atoms with Crippen LogP contribution in [0.25, 0.3) is 0 Å². The van der Waals surface area contributed by atoms with Crippen molar-refractivity contribution in [1.82, 2.24) is 4.90 Å². The van der Waals surface area contributed by atoms with Crippen molar-refractivity contribution < 1.29 is 33.5 Å². The van der Waals surface area contributed by atoms with E-state index < -0.39 is 42.5 Å². The Morgan fingerprint density at radius 2 is 1.91 bits per heavy atom.